The molecule has 1 saturated carbocycles. The number of rotatable bonds is 4. The molecular formula is C13H20ClNOS. The molecule has 2 nitrogen and oxygen atoms in total. The fraction of sp³-hybridized carbons (Fsp3) is 0.692. The van der Waals surface area contributed by atoms with E-state index in [0.717, 1.165) is 30.1 Å². The van der Waals surface area contributed by atoms with Crippen LogP contribution in [0.1, 0.15) is 37.5 Å². The van der Waals surface area contributed by atoms with Gasteiger partial charge in [0.1, 0.15) is 0 Å². The van der Waals surface area contributed by atoms with Crippen molar-refractivity contribution in [1.29, 1.82) is 0 Å². The van der Waals surface area contributed by atoms with Gasteiger partial charge in [-0.15, -0.1) is 11.3 Å². The van der Waals surface area contributed by atoms with Gasteiger partial charge in [0.05, 0.1) is 9.94 Å². The molecule has 2 N–H and O–H groups in total. The van der Waals surface area contributed by atoms with E-state index >= 15 is 0 Å². The Hall–Kier alpha value is -0.0900. The van der Waals surface area contributed by atoms with Gasteiger partial charge in [-0.2, -0.15) is 0 Å². The van der Waals surface area contributed by atoms with Gasteiger partial charge in [-0.1, -0.05) is 31.4 Å². The number of halogens is 1. The van der Waals surface area contributed by atoms with E-state index in [1.54, 1.807) is 11.3 Å². The second-order valence-corrected chi connectivity index (χ2v) is 7.03. The number of hydrogen-bond donors (Lipinski definition) is 2. The van der Waals surface area contributed by atoms with Gasteiger partial charge in [0, 0.05) is 18.0 Å². The van der Waals surface area contributed by atoms with Crippen LogP contribution in [0.5, 0.6) is 0 Å². The van der Waals surface area contributed by atoms with Crippen molar-refractivity contribution in [3.8, 4) is 0 Å². The Balaban J connectivity index is 1.77. The van der Waals surface area contributed by atoms with E-state index in [2.05, 4.69) is 12.2 Å². The molecular weight excluding hydrogens is 254 g/mol. The summed E-state index contributed by atoms with van der Waals surface area (Å²) in [6.45, 7) is 3.71. The van der Waals surface area contributed by atoms with Crippen molar-refractivity contribution in [1.82, 2.24) is 5.32 Å². The van der Waals surface area contributed by atoms with Crippen LogP contribution in [0.4, 0.5) is 0 Å². The van der Waals surface area contributed by atoms with Crippen molar-refractivity contribution in [3.05, 3.63) is 21.3 Å². The Kier molecular flexibility index (Phi) is 4.47. The minimum Gasteiger partial charge on any atom is -0.389 e. The first-order valence-electron chi connectivity index (χ1n) is 6.25. The molecule has 1 aromatic rings. The molecule has 17 heavy (non-hydrogen) atoms. The quantitative estimate of drug-likeness (QED) is 0.881. The van der Waals surface area contributed by atoms with Crippen molar-refractivity contribution in [2.75, 3.05) is 6.54 Å². The van der Waals surface area contributed by atoms with Gasteiger partial charge in [-0.3, -0.25) is 0 Å². The number of nitrogens with one attached hydrogen (secondary N) is 1. The number of aliphatic hydroxyl groups is 1. The molecule has 0 aromatic carbocycles. The van der Waals surface area contributed by atoms with E-state index in [4.69, 9.17) is 11.6 Å². The monoisotopic (exact) mass is 273 g/mol. The third-order valence-electron chi connectivity index (χ3n) is 3.45. The second-order valence-electron chi connectivity index (χ2n) is 5.24. The maximum Gasteiger partial charge on any atom is 0.0931 e. The summed E-state index contributed by atoms with van der Waals surface area (Å²) >= 11 is 7.47. The van der Waals surface area contributed by atoms with Crippen LogP contribution in [0.15, 0.2) is 12.1 Å². The summed E-state index contributed by atoms with van der Waals surface area (Å²) in [6, 6.07) is 3.95. The molecule has 2 rings (SSSR count). The van der Waals surface area contributed by atoms with E-state index in [1.165, 1.54) is 11.3 Å². The van der Waals surface area contributed by atoms with Gasteiger partial charge in [-0.25, -0.2) is 0 Å². The predicted molar refractivity (Wildman–Crippen MR) is 73.6 cm³/mol. The highest BCUT2D eigenvalue weighted by Crippen LogP contribution is 2.31. The fourth-order valence-corrected chi connectivity index (χ4v) is 3.72. The summed E-state index contributed by atoms with van der Waals surface area (Å²) in [6.07, 6.45) is 4.24. The summed E-state index contributed by atoms with van der Waals surface area (Å²) in [5.74, 6) is 0.645. The Morgan fingerprint density at radius 2 is 2.41 bits per heavy atom. The van der Waals surface area contributed by atoms with E-state index in [1.807, 2.05) is 12.1 Å². The molecule has 2 unspecified atom stereocenters. The van der Waals surface area contributed by atoms with Crippen LogP contribution in [-0.4, -0.2) is 17.3 Å². The average Bonchev–Trinajstić information content (AvgIpc) is 2.63. The zero-order valence-corrected chi connectivity index (χ0v) is 11.8. The largest absolute Gasteiger partial charge is 0.389 e. The highest BCUT2D eigenvalue weighted by Gasteiger charge is 2.31. The Morgan fingerprint density at radius 3 is 3.06 bits per heavy atom. The first kappa shape index (κ1) is 13.3. The maximum atomic E-state index is 10.4. The Labute approximate surface area is 112 Å². The van der Waals surface area contributed by atoms with E-state index < -0.39 is 5.60 Å². The van der Waals surface area contributed by atoms with E-state index in [-0.39, 0.29) is 0 Å². The molecule has 0 aliphatic heterocycles. The summed E-state index contributed by atoms with van der Waals surface area (Å²) in [7, 11) is 0. The van der Waals surface area contributed by atoms with Crippen molar-refractivity contribution >= 4 is 22.9 Å². The van der Waals surface area contributed by atoms with Gasteiger partial charge < -0.3 is 10.4 Å². The molecule has 1 aromatic heterocycles. The number of hydrogen-bond acceptors (Lipinski definition) is 3. The van der Waals surface area contributed by atoms with Crippen LogP contribution < -0.4 is 5.32 Å². The van der Waals surface area contributed by atoms with Gasteiger partial charge in [-0.05, 0) is 30.9 Å². The second kappa shape index (κ2) is 5.70. The predicted octanol–water partition coefficient (Wildman–Crippen LogP) is 3.43. The SMILES string of the molecule is CC1CCCC(O)(CNCc2ccc(Cl)s2)C1. The van der Waals surface area contributed by atoms with Crippen molar-refractivity contribution < 1.29 is 5.11 Å². The average molecular weight is 274 g/mol. The minimum atomic E-state index is -0.501. The topological polar surface area (TPSA) is 32.3 Å². The third-order valence-corrected chi connectivity index (χ3v) is 4.68. The molecule has 0 spiro atoms. The molecule has 1 fully saturated rings. The zero-order chi connectivity index (χ0) is 12.3. The molecule has 1 heterocycles. The Morgan fingerprint density at radius 1 is 1.59 bits per heavy atom. The first-order valence-corrected chi connectivity index (χ1v) is 7.44. The molecule has 0 amide bonds. The van der Waals surface area contributed by atoms with Gasteiger partial charge >= 0.3 is 0 Å². The molecule has 96 valence electrons. The van der Waals surface area contributed by atoms with Crippen molar-refractivity contribution in [3.63, 3.8) is 0 Å². The summed E-state index contributed by atoms with van der Waals surface area (Å²) < 4.78 is 0.826. The molecule has 2 atom stereocenters. The lowest BCUT2D eigenvalue weighted by Gasteiger charge is -2.35. The third kappa shape index (κ3) is 3.95. The van der Waals surface area contributed by atoms with Gasteiger partial charge in [0.2, 0.25) is 0 Å². The molecule has 0 bridgehead atoms. The van der Waals surface area contributed by atoms with Crippen LogP contribution in [0, 0.1) is 5.92 Å². The van der Waals surface area contributed by atoms with Gasteiger partial charge in [0.25, 0.3) is 0 Å². The maximum absolute atomic E-state index is 10.4. The lowest BCUT2D eigenvalue weighted by molar-refractivity contribution is -0.0118. The molecule has 0 radical (unpaired) electrons. The number of thiophene rings is 1. The Bertz CT molecular complexity index is 368. The molecule has 4 heteroatoms. The lowest BCUT2D eigenvalue weighted by atomic mass is 9.79. The van der Waals surface area contributed by atoms with Crippen LogP contribution in [0.3, 0.4) is 0 Å². The van der Waals surface area contributed by atoms with Crippen molar-refractivity contribution in [2.45, 2.75) is 44.8 Å². The lowest BCUT2D eigenvalue weighted by Crippen LogP contribution is -2.43. The smallest absolute Gasteiger partial charge is 0.0931 e. The van der Waals surface area contributed by atoms with Gasteiger partial charge in [0.15, 0.2) is 0 Å². The standard InChI is InChI=1S/C13H20ClNOS/c1-10-3-2-6-13(16,7-10)9-15-8-11-4-5-12(14)17-11/h4-5,10,15-16H,2-3,6-9H2,1H3. The minimum absolute atomic E-state index is 0.501. The highest BCUT2D eigenvalue weighted by molar-refractivity contribution is 7.16. The fourth-order valence-electron chi connectivity index (χ4n) is 2.66. The van der Waals surface area contributed by atoms with E-state index in [0.29, 0.717) is 12.5 Å². The van der Waals surface area contributed by atoms with Crippen LogP contribution in [-0.2, 0) is 6.54 Å². The normalized spacial score (nSPS) is 29.5. The van der Waals surface area contributed by atoms with Crippen LogP contribution in [0.2, 0.25) is 4.34 Å². The van der Waals surface area contributed by atoms with Crippen LogP contribution in [0.25, 0.3) is 0 Å². The summed E-state index contributed by atoms with van der Waals surface area (Å²) in [5.41, 5.74) is -0.501. The first-order chi connectivity index (χ1) is 8.07. The van der Waals surface area contributed by atoms with E-state index in [9.17, 15) is 5.11 Å². The summed E-state index contributed by atoms with van der Waals surface area (Å²) in [4.78, 5) is 1.22. The van der Waals surface area contributed by atoms with Crippen LogP contribution >= 0.6 is 22.9 Å². The zero-order valence-electron chi connectivity index (χ0n) is 10.2. The molecule has 0 saturated heterocycles. The molecule has 1 aliphatic carbocycles. The highest BCUT2D eigenvalue weighted by atomic mass is 35.5. The summed E-state index contributed by atoms with van der Waals surface area (Å²) in [5, 5.41) is 13.8. The van der Waals surface area contributed by atoms with Crippen molar-refractivity contribution in [2.24, 2.45) is 5.92 Å². The molecule has 1 aliphatic rings.